The minimum Gasteiger partial charge on any atom is -0.463 e. The summed E-state index contributed by atoms with van der Waals surface area (Å²) < 4.78 is 5.32. The maximum Gasteiger partial charge on any atom is 0.336 e. The first-order valence-electron chi connectivity index (χ1n) is 10.4. The first-order chi connectivity index (χ1) is 14.4. The lowest BCUT2D eigenvalue weighted by atomic mass is 9.81. The van der Waals surface area contributed by atoms with Gasteiger partial charge in [-0.05, 0) is 37.3 Å². The normalized spacial score (nSPS) is 15.7. The molecule has 1 aromatic heterocycles. The number of thioether (sulfide) groups is 1. The van der Waals surface area contributed by atoms with E-state index >= 15 is 0 Å². The number of allylic oxidation sites excluding steroid dienone is 1. The molecule has 1 unspecified atom stereocenters. The van der Waals surface area contributed by atoms with Gasteiger partial charge in [-0.2, -0.15) is 0 Å². The number of anilines is 1. The molecule has 0 bridgehead atoms. The quantitative estimate of drug-likeness (QED) is 0.375. The van der Waals surface area contributed by atoms with Gasteiger partial charge in [0, 0.05) is 11.4 Å². The van der Waals surface area contributed by atoms with Gasteiger partial charge in [-0.25, -0.2) is 9.78 Å². The molecule has 0 aliphatic carbocycles. The molecule has 30 heavy (non-hydrogen) atoms. The zero-order chi connectivity index (χ0) is 21.8. The van der Waals surface area contributed by atoms with Crippen LogP contribution in [0, 0.1) is 0 Å². The maximum atomic E-state index is 13.1. The van der Waals surface area contributed by atoms with E-state index < -0.39 is 11.9 Å². The average molecular weight is 428 g/mol. The molecule has 2 aromatic rings. The highest BCUT2D eigenvalue weighted by Crippen LogP contribution is 2.40. The van der Waals surface area contributed by atoms with E-state index in [9.17, 15) is 9.59 Å². The molecule has 3 rings (SSSR count). The van der Waals surface area contributed by atoms with Crippen molar-refractivity contribution in [3.05, 3.63) is 62.6 Å². The molecule has 0 saturated carbocycles. The number of benzene rings is 1. The van der Waals surface area contributed by atoms with E-state index in [0.717, 1.165) is 17.7 Å². The average Bonchev–Trinajstić information content (AvgIpc) is 2.71. The fourth-order valence-corrected chi connectivity index (χ4v) is 4.30. The Kier molecular flexibility index (Phi) is 7.02. The van der Waals surface area contributed by atoms with Gasteiger partial charge in [0.2, 0.25) is 0 Å². The molecule has 0 amide bonds. The number of carbonyl (C=O) groups is 1. The second kappa shape index (κ2) is 9.51. The topological polar surface area (TPSA) is 84.1 Å². The fourth-order valence-electron chi connectivity index (χ4n) is 3.58. The molecule has 1 aliphatic rings. The minimum atomic E-state index is -0.539. The SMILES string of the molecule is CCCSc1nc2c(c(=O)[nH]1)C(c1ccc(C(C)C)cc1)C(C(=O)OCC)=C(C)N2. The summed E-state index contributed by atoms with van der Waals surface area (Å²) in [6.07, 6.45) is 0.982. The molecule has 0 saturated heterocycles. The summed E-state index contributed by atoms with van der Waals surface area (Å²) in [5, 5.41) is 3.75. The van der Waals surface area contributed by atoms with Gasteiger partial charge in [-0.1, -0.05) is 56.8 Å². The third-order valence-electron chi connectivity index (χ3n) is 5.10. The van der Waals surface area contributed by atoms with Crippen LogP contribution in [-0.4, -0.2) is 28.3 Å². The van der Waals surface area contributed by atoms with E-state index in [1.807, 2.05) is 31.2 Å². The van der Waals surface area contributed by atoms with Crippen molar-refractivity contribution in [2.75, 3.05) is 17.7 Å². The van der Waals surface area contributed by atoms with E-state index in [4.69, 9.17) is 4.74 Å². The van der Waals surface area contributed by atoms with Crippen molar-refractivity contribution < 1.29 is 9.53 Å². The zero-order valence-corrected chi connectivity index (χ0v) is 19.0. The molecule has 2 N–H and O–H groups in total. The van der Waals surface area contributed by atoms with Crippen molar-refractivity contribution in [1.29, 1.82) is 0 Å². The number of fused-ring (bicyclic) bond motifs is 1. The molecule has 160 valence electrons. The van der Waals surface area contributed by atoms with Crippen LogP contribution in [0.5, 0.6) is 0 Å². The number of esters is 1. The molecule has 1 atom stereocenters. The van der Waals surface area contributed by atoms with Gasteiger partial charge < -0.3 is 15.0 Å². The summed E-state index contributed by atoms with van der Waals surface area (Å²) in [4.78, 5) is 33.5. The van der Waals surface area contributed by atoms with Crippen LogP contribution in [0.2, 0.25) is 0 Å². The number of aromatic nitrogens is 2. The highest BCUT2D eigenvalue weighted by atomic mass is 32.2. The number of aromatic amines is 1. The molecule has 0 spiro atoms. The van der Waals surface area contributed by atoms with E-state index in [2.05, 4.69) is 36.1 Å². The lowest BCUT2D eigenvalue weighted by Crippen LogP contribution is -2.31. The van der Waals surface area contributed by atoms with Crippen molar-refractivity contribution in [3.8, 4) is 0 Å². The summed E-state index contributed by atoms with van der Waals surface area (Å²) in [5.41, 5.74) is 3.38. The molecule has 1 aliphatic heterocycles. The van der Waals surface area contributed by atoms with E-state index in [0.29, 0.717) is 33.7 Å². The van der Waals surface area contributed by atoms with Crippen LogP contribution >= 0.6 is 11.8 Å². The van der Waals surface area contributed by atoms with Crippen molar-refractivity contribution in [1.82, 2.24) is 9.97 Å². The van der Waals surface area contributed by atoms with E-state index in [1.165, 1.54) is 17.3 Å². The predicted molar refractivity (Wildman–Crippen MR) is 121 cm³/mol. The highest BCUT2D eigenvalue weighted by Gasteiger charge is 2.36. The molecular formula is C23H29N3O3S. The zero-order valence-electron chi connectivity index (χ0n) is 18.2. The number of nitrogens with one attached hydrogen (secondary N) is 2. The van der Waals surface area contributed by atoms with Gasteiger partial charge in [-0.15, -0.1) is 0 Å². The van der Waals surface area contributed by atoms with Gasteiger partial charge in [0.1, 0.15) is 5.82 Å². The summed E-state index contributed by atoms with van der Waals surface area (Å²) >= 11 is 1.51. The summed E-state index contributed by atoms with van der Waals surface area (Å²) in [7, 11) is 0. The molecule has 0 fully saturated rings. The van der Waals surface area contributed by atoms with Crippen molar-refractivity contribution in [3.63, 3.8) is 0 Å². The first kappa shape index (κ1) is 22.2. The lowest BCUT2D eigenvalue weighted by molar-refractivity contribution is -0.138. The second-order valence-electron chi connectivity index (χ2n) is 7.62. The number of hydrogen-bond donors (Lipinski definition) is 2. The molecule has 7 heteroatoms. The number of hydrogen-bond acceptors (Lipinski definition) is 6. The Hall–Kier alpha value is -2.54. The van der Waals surface area contributed by atoms with Gasteiger partial charge in [0.25, 0.3) is 5.56 Å². The largest absolute Gasteiger partial charge is 0.463 e. The van der Waals surface area contributed by atoms with E-state index in [1.54, 1.807) is 6.92 Å². The molecule has 1 aromatic carbocycles. The molecule has 6 nitrogen and oxygen atoms in total. The van der Waals surface area contributed by atoms with Gasteiger partial charge in [0.15, 0.2) is 5.16 Å². The molecule has 0 radical (unpaired) electrons. The van der Waals surface area contributed by atoms with Crippen molar-refractivity contribution >= 4 is 23.5 Å². The monoisotopic (exact) mass is 427 g/mol. The summed E-state index contributed by atoms with van der Waals surface area (Å²) in [6, 6.07) is 8.07. The predicted octanol–water partition coefficient (Wildman–Crippen LogP) is 4.79. The Bertz CT molecular complexity index is 1010. The van der Waals surface area contributed by atoms with Crippen LogP contribution in [0.4, 0.5) is 5.82 Å². The van der Waals surface area contributed by atoms with Crippen LogP contribution in [0.3, 0.4) is 0 Å². The summed E-state index contributed by atoms with van der Waals surface area (Å²) in [5.74, 6) is 0.799. The smallest absolute Gasteiger partial charge is 0.336 e. The lowest BCUT2D eigenvalue weighted by Gasteiger charge is -2.29. The van der Waals surface area contributed by atoms with Crippen LogP contribution in [0.1, 0.15) is 69.6 Å². The molecule has 2 heterocycles. The number of rotatable bonds is 7. The van der Waals surface area contributed by atoms with Gasteiger partial charge >= 0.3 is 5.97 Å². The Morgan fingerprint density at radius 3 is 2.53 bits per heavy atom. The van der Waals surface area contributed by atoms with Crippen LogP contribution in [0.25, 0.3) is 0 Å². The number of H-pyrrole nitrogens is 1. The third-order valence-corrected chi connectivity index (χ3v) is 6.17. The number of nitrogens with zero attached hydrogens (tertiary/aromatic N) is 1. The Labute approximate surface area is 181 Å². The fraction of sp³-hybridized carbons (Fsp3) is 0.435. The standard InChI is InChI=1S/C23H29N3O3S/c1-6-12-30-23-25-20-19(21(27)26-23)18(16-10-8-15(9-11-16)13(3)4)17(14(5)24-20)22(28)29-7-2/h8-11,13,18H,6-7,12H2,1-5H3,(H2,24,25,26,27). The first-order valence-corrected chi connectivity index (χ1v) is 11.4. The van der Waals surface area contributed by atoms with Crippen LogP contribution in [0.15, 0.2) is 45.5 Å². The Balaban J connectivity index is 2.16. The van der Waals surface area contributed by atoms with Crippen LogP contribution in [-0.2, 0) is 9.53 Å². The summed E-state index contributed by atoms with van der Waals surface area (Å²) in [6.45, 7) is 10.2. The second-order valence-corrected chi connectivity index (χ2v) is 8.70. The molecular weight excluding hydrogens is 398 g/mol. The minimum absolute atomic E-state index is 0.238. The third kappa shape index (κ3) is 4.46. The highest BCUT2D eigenvalue weighted by molar-refractivity contribution is 7.99. The Morgan fingerprint density at radius 2 is 1.93 bits per heavy atom. The maximum absolute atomic E-state index is 13.1. The van der Waals surface area contributed by atoms with E-state index in [-0.39, 0.29) is 12.2 Å². The van der Waals surface area contributed by atoms with Gasteiger partial charge in [0.05, 0.1) is 23.7 Å². The number of ether oxygens (including phenoxy) is 1. The van der Waals surface area contributed by atoms with Gasteiger partial charge in [-0.3, -0.25) is 4.79 Å². The number of carbonyl (C=O) groups excluding carboxylic acids is 1. The Morgan fingerprint density at radius 1 is 1.23 bits per heavy atom. The van der Waals surface area contributed by atoms with Crippen molar-refractivity contribution in [2.45, 2.75) is 58.0 Å². The van der Waals surface area contributed by atoms with Crippen LogP contribution < -0.4 is 10.9 Å². The van der Waals surface area contributed by atoms with Crippen molar-refractivity contribution in [2.24, 2.45) is 0 Å².